The van der Waals surface area contributed by atoms with E-state index < -0.39 is 11.5 Å². The molecule has 0 saturated carbocycles. The molecule has 6 nitrogen and oxygen atoms in total. The van der Waals surface area contributed by atoms with E-state index in [1.165, 1.54) is 0 Å². The zero-order valence-corrected chi connectivity index (χ0v) is 19.9. The van der Waals surface area contributed by atoms with Crippen LogP contribution in [-0.2, 0) is 15.0 Å². The van der Waals surface area contributed by atoms with Crippen molar-refractivity contribution >= 4 is 35.8 Å². The Morgan fingerprint density at radius 3 is 2.18 bits per heavy atom. The van der Waals surface area contributed by atoms with Crippen LogP contribution in [-0.4, -0.2) is 40.5 Å². The maximum Gasteiger partial charge on any atom is 0.250 e. The summed E-state index contributed by atoms with van der Waals surface area (Å²) in [7, 11) is 0. The second-order valence-corrected chi connectivity index (χ2v) is 9.07. The number of ketones is 1. The highest BCUT2D eigenvalue weighted by Gasteiger charge is 2.42. The van der Waals surface area contributed by atoms with E-state index in [0.717, 1.165) is 17.3 Å². The Hall–Kier alpha value is -3.58. The number of rotatable bonds is 6. The average molecular weight is 473 g/mol. The van der Waals surface area contributed by atoms with Crippen molar-refractivity contribution in [2.24, 2.45) is 0 Å². The lowest BCUT2D eigenvalue weighted by Gasteiger charge is -2.41. The molecule has 7 heteroatoms. The van der Waals surface area contributed by atoms with Crippen LogP contribution < -0.4 is 5.73 Å². The minimum absolute atomic E-state index is 0.0896. The Balaban J connectivity index is 1.69. The van der Waals surface area contributed by atoms with E-state index in [9.17, 15) is 9.59 Å². The maximum absolute atomic E-state index is 13.9. The third-order valence-electron chi connectivity index (χ3n) is 6.89. The number of likely N-dealkylation sites (tertiary alicyclic amines) is 1. The maximum atomic E-state index is 13.9. The van der Waals surface area contributed by atoms with Crippen LogP contribution in [0.4, 0.5) is 5.69 Å². The number of carbonyl (C=O) groups is 2. The number of nitrogens with zero attached hydrogens (tertiary/aromatic N) is 2. The molecule has 1 unspecified atom stereocenters. The first kappa shape index (κ1) is 23.6. The lowest BCUT2D eigenvalue weighted by atomic mass is 9.70. The van der Waals surface area contributed by atoms with Gasteiger partial charge in [-0.25, -0.2) is 0 Å². The molecule has 1 aromatic heterocycles. The number of benzene rings is 2. The minimum Gasteiger partial charge on any atom is -0.398 e. The van der Waals surface area contributed by atoms with Crippen LogP contribution in [0.25, 0.3) is 0 Å². The Kier molecular flexibility index (Phi) is 6.75. The van der Waals surface area contributed by atoms with Crippen LogP contribution in [0.3, 0.4) is 0 Å². The van der Waals surface area contributed by atoms with E-state index >= 15 is 0 Å². The summed E-state index contributed by atoms with van der Waals surface area (Å²) in [6, 6.07) is 20.3. The SMILES string of the molecule is CC(=O)C1(c2ccccc2)CCN(C(=O)C(c2ccccc2)n2ccc(N)c(C=N)c2=S)CC1. The standard InChI is InChI=1S/C27H28N4O2S/c1-19(32)27(21-10-6-3-7-11-21)13-16-30(17-14-27)25(33)24(20-8-4-2-5-9-20)31-15-12-23(29)22(18-28)26(31)34/h2-12,15,18,24,28H,13-14,16-17,29H2,1H3. The summed E-state index contributed by atoms with van der Waals surface area (Å²) in [5.74, 6) is 0.0370. The number of aromatic nitrogens is 1. The molecule has 0 radical (unpaired) electrons. The van der Waals surface area contributed by atoms with Gasteiger partial charge in [-0.15, -0.1) is 0 Å². The third-order valence-corrected chi connectivity index (χ3v) is 7.32. The normalized spacial score (nSPS) is 16.0. The number of piperidine rings is 1. The molecule has 2 heterocycles. The van der Waals surface area contributed by atoms with E-state index in [0.29, 0.717) is 41.8 Å². The molecule has 1 aliphatic heterocycles. The van der Waals surface area contributed by atoms with Crippen molar-refractivity contribution in [3.05, 3.63) is 94.3 Å². The molecule has 0 aliphatic carbocycles. The van der Waals surface area contributed by atoms with Crippen molar-refractivity contribution in [2.75, 3.05) is 18.8 Å². The lowest BCUT2D eigenvalue weighted by molar-refractivity contribution is -0.137. The molecule has 2 aromatic carbocycles. The number of nitrogen functional groups attached to an aromatic ring is 1. The molecular weight excluding hydrogens is 444 g/mol. The second-order valence-electron chi connectivity index (χ2n) is 8.68. The van der Waals surface area contributed by atoms with Gasteiger partial charge in [0.1, 0.15) is 16.5 Å². The van der Waals surface area contributed by atoms with Crippen LogP contribution in [0.2, 0.25) is 0 Å². The minimum atomic E-state index is -0.686. The number of pyridine rings is 1. The van der Waals surface area contributed by atoms with Gasteiger partial charge in [0.05, 0.1) is 11.0 Å². The molecule has 1 amide bonds. The Morgan fingerprint density at radius 1 is 1.03 bits per heavy atom. The van der Waals surface area contributed by atoms with Crippen molar-refractivity contribution in [1.29, 1.82) is 5.41 Å². The molecule has 3 N–H and O–H groups in total. The molecule has 34 heavy (non-hydrogen) atoms. The zero-order chi connectivity index (χ0) is 24.3. The van der Waals surface area contributed by atoms with E-state index in [1.807, 2.05) is 65.6 Å². The molecule has 3 aromatic rings. The zero-order valence-electron chi connectivity index (χ0n) is 19.1. The first-order chi connectivity index (χ1) is 16.4. The summed E-state index contributed by atoms with van der Waals surface area (Å²) >= 11 is 5.63. The summed E-state index contributed by atoms with van der Waals surface area (Å²) < 4.78 is 2.06. The predicted octanol–water partition coefficient (Wildman–Crippen LogP) is 4.54. The Labute approximate surface area is 204 Å². The molecule has 1 saturated heterocycles. The second kappa shape index (κ2) is 9.73. The van der Waals surface area contributed by atoms with Crippen molar-refractivity contribution in [3.63, 3.8) is 0 Å². The van der Waals surface area contributed by atoms with Crippen molar-refractivity contribution in [1.82, 2.24) is 9.47 Å². The smallest absolute Gasteiger partial charge is 0.250 e. The van der Waals surface area contributed by atoms with E-state index in [2.05, 4.69) is 0 Å². The number of nitrogens with one attached hydrogen (secondary N) is 1. The molecule has 0 spiro atoms. The van der Waals surface area contributed by atoms with Crippen LogP contribution in [0.1, 0.15) is 42.5 Å². The summed E-state index contributed by atoms with van der Waals surface area (Å²) in [6.45, 7) is 2.58. The van der Waals surface area contributed by atoms with Gasteiger partial charge in [0.15, 0.2) is 0 Å². The van der Waals surface area contributed by atoms with Gasteiger partial charge in [-0.2, -0.15) is 0 Å². The molecule has 1 aliphatic rings. The number of hydrogen-bond donors (Lipinski definition) is 2. The topological polar surface area (TPSA) is 92.2 Å². The van der Waals surface area contributed by atoms with Crippen LogP contribution >= 0.6 is 12.2 Å². The van der Waals surface area contributed by atoms with Crippen LogP contribution in [0.15, 0.2) is 72.9 Å². The van der Waals surface area contributed by atoms with Gasteiger partial charge < -0.3 is 20.6 Å². The fourth-order valence-corrected chi connectivity index (χ4v) is 5.21. The molecule has 0 bridgehead atoms. The van der Waals surface area contributed by atoms with Crippen molar-refractivity contribution in [2.45, 2.75) is 31.2 Å². The van der Waals surface area contributed by atoms with E-state index in [1.54, 1.807) is 23.8 Å². The van der Waals surface area contributed by atoms with Gasteiger partial charge in [-0.1, -0.05) is 72.9 Å². The molecule has 1 fully saturated rings. The monoisotopic (exact) mass is 472 g/mol. The highest BCUT2D eigenvalue weighted by Crippen LogP contribution is 2.37. The highest BCUT2D eigenvalue weighted by molar-refractivity contribution is 7.71. The van der Waals surface area contributed by atoms with Gasteiger partial charge >= 0.3 is 0 Å². The highest BCUT2D eigenvalue weighted by atomic mass is 32.1. The van der Waals surface area contributed by atoms with E-state index in [4.69, 9.17) is 23.4 Å². The van der Waals surface area contributed by atoms with Gasteiger partial charge in [-0.3, -0.25) is 9.59 Å². The van der Waals surface area contributed by atoms with Crippen molar-refractivity contribution in [3.8, 4) is 0 Å². The lowest BCUT2D eigenvalue weighted by Crippen LogP contribution is -2.50. The first-order valence-electron chi connectivity index (χ1n) is 11.3. The van der Waals surface area contributed by atoms with Crippen LogP contribution in [0.5, 0.6) is 0 Å². The first-order valence-corrected chi connectivity index (χ1v) is 11.7. The number of nitrogens with two attached hydrogens (primary N) is 1. The van der Waals surface area contributed by atoms with Gasteiger partial charge in [-0.05, 0) is 37.0 Å². The number of carbonyl (C=O) groups excluding carboxylic acids is 2. The molecule has 4 rings (SSSR count). The summed E-state index contributed by atoms with van der Waals surface area (Å²) in [5.41, 5.74) is 8.07. The summed E-state index contributed by atoms with van der Waals surface area (Å²) in [5, 5.41) is 7.72. The number of Topliss-reactive ketones (excluding diaryl/α,β-unsaturated/α-hetero) is 1. The Morgan fingerprint density at radius 2 is 1.62 bits per heavy atom. The van der Waals surface area contributed by atoms with Crippen molar-refractivity contribution < 1.29 is 9.59 Å². The summed E-state index contributed by atoms with van der Waals surface area (Å²) in [6.07, 6.45) is 3.98. The molecule has 1 atom stereocenters. The predicted molar refractivity (Wildman–Crippen MR) is 137 cm³/mol. The largest absolute Gasteiger partial charge is 0.398 e. The fourth-order valence-electron chi connectivity index (χ4n) is 4.87. The van der Waals surface area contributed by atoms with Gasteiger partial charge in [0, 0.05) is 31.2 Å². The van der Waals surface area contributed by atoms with Crippen LogP contribution in [0, 0.1) is 10.0 Å². The quantitative estimate of drug-likeness (QED) is 0.407. The molecule has 174 valence electrons. The van der Waals surface area contributed by atoms with E-state index in [-0.39, 0.29) is 11.7 Å². The molecular formula is C27H28N4O2S. The third kappa shape index (κ3) is 4.19. The van der Waals surface area contributed by atoms with Gasteiger partial charge in [0.25, 0.3) is 0 Å². The summed E-state index contributed by atoms with van der Waals surface area (Å²) in [4.78, 5) is 28.5. The van der Waals surface area contributed by atoms with Gasteiger partial charge in [0.2, 0.25) is 5.91 Å². The Bertz CT molecular complexity index is 1260. The number of amides is 1. The number of anilines is 1. The fraction of sp³-hybridized carbons (Fsp3) is 0.259. The average Bonchev–Trinajstić information content (AvgIpc) is 2.87. The number of hydrogen-bond acceptors (Lipinski definition) is 5.